The first-order chi connectivity index (χ1) is 14.7. The first-order valence-corrected chi connectivity index (χ1v) is 9.88. The number of benzene rings is 1. The van der Waals surface area contributed by atoms with Crippen LogP contribution in [-0.4, -0.2) is 48.6 Å². The van der Waals surface area contributed by atoms with E-state index in [4.69, 9.17) is 23.7 Å². The van der Waals surface area contributed by atoms with Crippen molar-refractivity contribution in [2.45, 2.75) is 51.7 Å². The Kier molecular flexibility index (Phi) is 6.62. The van der Waals surface area contributed by atoms with E-state index in [0.29, 0.717) is 17.9 Å². The second-order valence-electron chi connectivity index (χ2n) is 7.35. The molecule has 2 aliphatic rings. The van der Waals surface area contributed by atoms with Gasteiger partial charge in [0, 0.05) is 39.7 Å². The molecular weight excluding hydrogens is 408 g/mol. The molecule has 1 aromatic carbocycles. The second kappa shape index (κ2) is 9.20. The van der Waals surface area contributed by atoms with Crippen LogP contribution in [0.15, 0.2) is 30.0 Å². The monoisotopic (exact) mass is 432 g/mol. The molecule has 1 aromatic rings. The number of allylic oxidation sites excluding steroid dienone is 1. The van der Waals surface area contributed by atoms with E-state index in [1.54, 1.807) is 12.1 Å². The summed E-state index contributed by atoms with van der Waals surface area (Å²) >= 11 is 0. The van der Waals surface area contributed by atoms with Crippen LogP contribution in [0.5, 0.6) is 11.5 Å². The van der Waals surface area contributed by atoms with Gasteiger partial charge in [-0.25, -0.2) is 0 Å². The number of ether oxygens (including phenoxy) is 5. The number of carbonyl (C=O) groups is 4. The molecule has 0 N–H and O–H groups in total. The first kappa shape index (κ1) is 22.3. The topological polar surface area (TPSA) is 114 Å². The number of esters is 3. The standard InChI is InChI=1S/C22H24O9/c1-13(23)27-8-6-16-4-5-18-19(10-16)30-21-11-17(26)20(29-15(3)25)12-22(21,31-18)7-9-28-14(2)24/h4-5,10,12,21H,6-9,11H2,1-3H3. The van der Waals surface area contributed by atoms with Crippen LogP contribution in [0.2, 0.25) is 0 Å². The predicted octanol–water partition coefficient (Wildman–Crippen LogP) is 2.04. The molecule has 9 heteroatoms. The largest absolute Gasteiger partial charge is 0.481 e. The highest BCUT2D eigenvalue weighted by Crippen LogP contribution is 2.44. The fraction of sp³-hybridized carbons (Fsp3) is 0.455. The maximum atomic E-state index is 12.5. The summed E-state index contributed by atoms with van der Waals surface area (Å²) in [6.45, 7) is 4.11. The third-order valence-corrected chi connectivity index (χ3v) is 4.89. The zero-order chi connectivity index (χ0) is 22.6. The lowest BCUT2D eigenvalue weighted by molar-refractivity contribution is -0.146. The Morgan fingerprint density at radius 3 is 2.42 bits per heavy atom. The van der Waals surface area contributed by atoms with Crippen LogP contribution in [0.25, 0.3) is 0 Å². The summed E-state index contributed by atoms with van der Waals surface area (Å²) in [7, 11) is 0. The minimum atomic E-state index is -1.15. The van der Waals surface area contributed by atoms with Gasteiger partial charge < -0.3 is 23.7 Å². The van der Waals surface area contributed by atoms with Gasteiger partial charge in [-0.15, -0.1) is 0 Å². The van der Waals surface area contributed by atoms with Crippen LogP contribution < -0.4 is 9.47 Å². The van der Waals surface area contributed by atoms with Crippen LogP contribution in [0.4, 0.5) is 0 Å². The molecule has 0 radical (unpaired) electrons. The third-order valence-electron chi connectivity index (χ3n) is 4.89. The van der Waals surface area contributed by atoms with Gasteiger partial charge in [0.15, 0.2) is 22.9 Å². The highest BCUT2D eigenvalue weighted by atomic mass is 16.6. The van der Waals surface area contributed by atoms with E-state index >= 15 is 0 Å². The molecule has 0 saturated carbocycles. The molecule has 0 saturated heterocycles. The molecule has 0 bridgehead atoms. The molecule has 31 heavy (non-hydrogen) atoms. The molecule has 9 nitrogen and oxygen atoms in total. The Bertz CT molecular complexity index is 933. The molecular formula is C22H24O9. The van der Waals surface area contributed by atoms with E-state index in [0.717, 1.165) is 5.56 Å². The van der Waals surface area contributed by atoms with Gasteiger partial charge in [-0.2, -0.15) is 0 Å². The lowest BCUT2D eigenvalue weighted by atomic mass is 9.82. The van der Waals surface area contributed by atoms with Crippen LogP contribution in [0.1, 0.15) is 39.2 Å². The zero-order valence-corrected chi connectivity index (χ0v) is 17.6. The molecule has 2 atom stereocenters. The van der Waals surface area contributed by atoms with Crippen molar-refractivity contribution < 1.29 is 42.9 Å². The number of hydrogen-bond donors (Lipinski definition) is 0. The minimum Gasteiger partial charge on any atom is -0.481 e. The van der Waals surface area contributed by atoms with Crippen LogP contribution in [0.3, 0.4) is 0 Å². The van der Waals surface area contributed by atoms with Gasteiger partial charge in [0.1, 0.15) is 6.10 Å². The molecule has 3 rings (SSSR count). The molecule has 1 aliphatic carbocycles. The number of carbonyl (C=O) groups excluding carboxylic acids is 4. The van der Waals surface area contributed by atoms with Crippen molar-refractivity contribution in [3.8, 4) is 11.5 Å². The molecule has 166 valence electrons. The Balaban J connectivity index is 1.88. The lowest BCUT2D eigenvalue weighted by Gasteiger charge is -2.44. The van der Waals surface area contributed by atoms with E-state index in [2.05, 4.69) is 0 Å². The van der Waals surface area contributed by atoms with Crippen molar-refractivity contribution in [1.29, 1.82) is 0 Å². The van der Waals surface area contributed by atoms with Crippen molar-refractivity contribution in [2.75, 3.05) is 13.2 Å². The van der Waals surface area contributed by atoms with E-state index in [9.17, 15) is 19.2 Å². The van der Waals surface area contributed by atoms with Crippen LogP contribution in [0, 0.1) is 0 Å². The minimum absolute atomic E-state index is 0.0308. The first-order valence-electron chi connectivity index (χ1n) is 9.88. The van der Waals surface area contributed by atoms with E-state index < -0.39 is 23.6 Å². The summed E-state index contributed by atoms with van der Waals surface area (Å²) in [5.41, 5.74) is -0.283. The third kappa shape index (κ3) is 5.42. The van der Waals surface area contributed by atoms with Crippen molar-refractivity contribution >= 4 is 23.7 Å². The fourth-order valence-corrected chi connectivity index (χ4v) is 3.51. The summed E-state index contributed by atoms with van der Waals surface area (Å²) in [6, 6.07) is 5.30. The van der Waals surface area contributed by atoms with Crippen molar-refractivity contribution in [3.63, 3.8) is 0 Å². The maximum Gasteiger partial charge on any atom is 0.308 e. The van der Waals surface area contributed by atoms with Gasteiger partial charge in [-0.1, -0.05) is 6.07 Å². The number of ketones is 1. The summed E-state index contributed by atoms with van der Waals surface area (Å²) in [6.07, 6.45) is 1.35. The summed E-state index contributed by atoms with van der Waals surface area (Å²) in [5, 5.41) is 0. The number of fused-ring (bicyclic) bond motifs is 2. The lowest BCUT2D eigenvalue weighted by Crippen LogP contribution is -2.56. The second-order valence-corrected chi connectivity index (χ2v) is 7.35. The van der Waals surface area contributed by atoms with Crippen LogP contribution in [-0.2, 0) is 39.8 Å². The molecule has 2 unspecified atom stereocenters. The van der Waals surface area contributed by atoms with Crippen molar-refractivity contribution in [2.24, 2.45) is 0 Å². The van der Waals surface area contributed by atoms with E-state index in [1.807, 2.05) is 6.07 Å². The number of rotatable bonds is 7. The molecule has 0 fully saturated rings. The Morgan fingerprint density at radius 1 is 1.03 bits per heavy atom. The molecule has 1 aliphatic heterocycles. The highest BCUT2D eigenvalue weighted by molar-refractivity contribution is 5.97. The Morgan fingerprint density at radius 2 is 1.74 bits per heavy atom. The van der Waals surface area contributed by atoms with Crippen molar-refractivity contribution in [1.82, 2.24) is 0 Å². The summed E-state index contributed by atoms with van der Waals surface area (Å²) < 4.78 is 27.4. The van der Waals surface area contributed by atoms with E-state index in [-0.39, 0.29) is 43.6 Å². The number of Topliss-reactive ketones (excluding diaryl/α,β-unsaturated/α-hetero) is 1. The van der Waals surface area contributed by atoms with Crippen molar-refractivity contribution in [3.05, 3.63) is 35.6 Å². The highest BCUT2D eigenvalue weighted by Gasteiger charge is 2.50. The number of hydrogen-bond acceptors (Lipinski definition) is 9. The van der Waals surface area contributed by atoms with Gasteiger partial charge in [-0.3, -0.25) is 19.2 Å². The SMILES string of the molecule is CC(=O)OCCc1ccc2c(c1)OC1CC(=O)C(OC(C)=O)=CC1(CCOC(C)=O)O2. The maximum absolute atomic E-state index is 12.5. The normalized spacial score (nSPS) is 21.5. The predicted molar refractivity (Wildman–Crippen MR) is 105 cm³/mol. The van der Waals surface area contributed by atoms with Gasteiger partial charge in [0.2, 0.25) is 5.78 Å². The quantitative estimate of drug-likeness (QED) is 0.471. The van der Waals surface area contributed by atoms with Gasteiger partial charge in [0.05, 0.1) is 19.6 Å². The summed E-state index contributed by atoms with van der Waals surface area (Å²) in [4.78, 5) is 46.0. The average molecular weight is 432 g/mol. The zero-order valence-electron chi connectivity index (χ0n) is 17.6. The fourth-order valence-electron chi connectivity index (χ4n) is 3.51. The van der Waals surface area contributed by atoms with Crippen LogP contribution >= 0.6 is 0 Å². The van der Waals surface area contributed by atoms with Gasteiger partial charge in [0.25, 0.3) is 0 Å². The van der Waals surface area contributed by atoms with Gasteiger partial charge in [-0.05, 0) is 17.7 Å². The summed E-state index contributed by atoms with van der Waals surface area (Å²) in [5.74, 6) is -1.04. The molecule has 1 heterocycles. The van der Waals surface area contributed by atoms with Gasteiger partial charge >= 0.3 is 17.9 Å². The molecule has 0 amide bonds. The smallest absolute Gasteiger partial charge is 0.308 e. The Hall–Kier alpha value is -3.36. The van der Waals surface area contributed by atoms with E-state index in [1.165, 1.54) is 26.8 Å². The Labute approximate surface area is 179 Å². The molecule has 0 spiro atoms. The average Bonchev–Trinajstić information content (AvgIpc) is 2.66. The molecule has 0 aromatic heterocycles.